The first-order chi connectivity index (χ1) is 12.2. The summed E-state index contributed by atoms with van der Waals surface area (Å²) in [6.45, 7) is 2.58. The average Bonchev–Trinajstić information content (AvgIpc) is 2.61. The molecule has 0 aromatic heterocycles. The van der Waals surface area contributed by atoms with Gasteiger partial charge in [-0.25, -0.2) is 0 Å². The molecule has 1 aliphatic heterocycles. The molecule has 0 unspecified atom stereocenters. The Labute approximate surface area is 153 Å². The van der Waals surface area contributed by atoms with Gasteiger partial charge in [0.2, 0.25) is 0 Å². The second-order valence-corrected chi connectivity index (χ2v) is 6.97. The molecule has 4 atom stereocenters. The first-order valence-corrected chi connectivity index (χ1v) is 10.1. The maximum absolute atomic E-state index is 10.0. The van der Waals surface area contributed by atoms with Gasteiger partial charge < -0.3 is 24.8 Å². The minimum absolute atomic E-state index is 0.0971. The third kappa shape index (κ3) is 9.71. The highest BCUT2D eigenvalue weighted by atomic mass is 16.6. The van der Waals surface area contributed by atoms with Gasteiger partial charge in [0.25, 0.3) is 0 Å². The Hall–Kier alpha value is -0.460. The van der Waals surface area contributed by atoms with Gasteiger partial charge in [-0.05, 0) is 25.7 Å². The van der Waals surface area contributed by atoms with Crippen molar-refractivity contribution in [3.8, 4) is 0 Å². The van der Waals surface area contributed by atoms with Crippen LogP contribution in [0.2, 0.25) is 0 Å². The normalized spacial score (nSPS) is 27.2. The van der Waals surface area contributed by atoms with Crippen molar-refractivity contribution in [3.63, 3.8) is 0 Å². The number of allylic oxidation sites excluding steroid dienone is 2. The lowest BCUT2D eigenvalue weighted by Crippen LogP contribution is -2.55. The van der Waals surface area contributed by atoms with Gasteiger partial charge in [0, 0.05) is 6.61 Å². The van der Waals surface area contributed by atoms with Crippen molar-refractivity contribution in [1.82, 2.24) is 0 Å². The van der Waals surface area contributed by atoms with Gasteiger partial charge in [0.1, 0.15) is 24.4 Å². The van der Waals surface area contributed by atoms with Crippen LogP contribution in [0, 0.1) is 0 Å². The van der Waals surface area contributed by atoms with Gasteiger partial charge in [-0.3, -0.25) is 0 Å². The maximum Gasteiger partial charge on any atom is 0.114 e. The lowest BCUT2D eigenvalue weighted by Gasteiger charge is -2.37. The van der Waals surface area contributed by atoms with E-state index in [0.717, 1.165) is 12.8 Å². The molecule has 0 spiro atoms. The molecule has 0 aromatic rings. The van der Waals surface area contributed by atoms with E-state index in [9.17, 15) is 10.2 Å². The van der Waals surface area contributed by atoms with Crippen molar-refractivity contribution in [2.24, 2.45) is 0 Å². The molecule has 0 amide bonds. The number of hydrogen-bond donors (Lipinski definition) is 3. The van der Waals surface area contributed by atoms with E-state index in [4.69, 9.17) is 14.6 Å². The largest absolute Gasteiger partial charge is 0.394 e. The molecule has 1 rings (SSSR count). The standard InChI is InChI=1S/C20H38O5/c1-2-3-4-5-6-7-8-9-10-11-12-13-14-24-20-17(22)16-25-18(15-21)19(20)23/h5-6,17-23H,2-4,7-16H2,1H3/b6-5+/t17-,18+,19+,20+/m1/s1. The molecular weight excluding hydrogens is 320 g/mol. The van der Waals surface area contributed by atoms with Crippen LogP contribution in [0.25, 0.3) is 0 Å². The van der Waals surface area contributed by atoms with Crippen LogP contribution in [-0.4, -0.2) is 59.6 Å². The molecule has 0 bridgehead atoms. The smallest absolute Gasteiger partial charge is 0.114 e. The highest BCUT2D eigenvalue weighted by Crippen LogP contribution is 2.19. The summed E-state index contributed by atoms with van der Waals surface area (Å²) in [7, 11) is 0. The number of aliphatic hydroxyl groups is 3. The topological polar surface area (TPSA) is 79.2 Å². The summed E-state index contributed by atoms with van der Waals surface area (Å²) in [4.78, 5) is 0. The van der Waals surface area contributed by atoms with Crippen molar-refractivity contribution in [2.75, 3.05) is 19.8 Å². The van der Waals surface area contributed by atoms with E-state index < -0.39 is 24.4 Å². The summed E-state index contributed by atoms with van der Waals surface area (Å²) in [6.07, 6.45) is 13.5. The van der Waals surface area contributed by atoms with E-state index in [1.807, 2.05) is 0 Å². The van der Waals surface area contributed by atoms with Gasteiger partial charge in [0.05, 0.1) is 13.2 Å². The second-order valence-electron chi connectivity index (χ2n) is 6.97. The maximum atomic E-state index is 10.0. The monoisotopic (exact) mass is 358 g/mol. The van der Waals surface area contributed by atoms with Crippen LogP contribution in [0.3, 0.4) is 0 Å². The fourth-order valence-corrected chi connectivity index (χ4v) is 3.07. The SMILES string of the molecule is CCCC/C=C/CCCCCCCCO[C@@H]1[C@@H](O)[C@H](CO)OC[C@H]1O. The highest BCUT2D eigenvalue weighted by molar-refractivity contribution is 4.87. The zero-order valence-corrected chi connectivity index (χ0v) is 15.8. The van der Waals surface area contributed by atoms with E-state index in [1.54, 1.807) is 0 Å². The molecule has 1 heterocycles. The minimum Gasteiger partial charge on any atom is -0.394 e. The lowest BCUT2D eigenvalue weighted by molar-refractivity contribution is -0.210. The molecule has 5 heteroatoms. The quantitative estimate of drug-likeness (QED) is 0.329. The Morgan fingerprint density at radius 3 is 2.28 bits per heavy atom. The van der Waals surface area contributed by atoms with Crippen LogP contribution >= 0.6 is 0 Å². The fourth-order valence-electron chi connectivity index (χ4n) is 3.07. The third-order valence-corrected chi connectivity index (χ3v) is 4.72. The molecule has 3 N–H and O–H groups in total. The molecule has 1 aliphatic rings. The average molecular weight is 359 g/mol. The Morgan fingerprint density at radius 2 is 1.60 bits per heavy atom. The lowest BCUT2D eigenvalue weighted by atomic mass is 10.0. The predicted octanol–water partition coefficient (Wildman–Crippen LogP) is 2.96. The molecule has 25 heavy (non-hydrogen) atoms. The number of hydrogen-bond acceptors (Lipinski definition) is 5. The van der Waals surface area contributed by atoms with E-state index >= 15 is 0 Å². The highest BCUT2D eigenvalue weighted by Gasteiger charge is 2.38. The third-order valence-electron chi connectivity index (χ3n) is 4.72. The van der Waals surface area contributed by atoms with Crippen LogP contribution in [-0.2, 0) is 9.47 Å². The van der Waals surface area contributed by atoms with Crippen molar-refractivity contribution < 1.29 is 24.8 Å². The van der Waals surface area contributed by atoms with Gasteiger partial charge in [-0.1, -0.05) is 57.6 Å². The molecule has 0 saturated carbocycles. The number of ether oxygens (including phenoxy) is 2. The van der Waals surface area contributed by atoms with Crippen LogP contribution < -0.4 is 0 Å². The predicted molar refractivity (Wildman–Crippen MR) is 99.6 cm³/mol. The van der Waals surface area contributed by atoms with Crippen molar-refractivity contribution in [2.45, 2.75) is 95.5 Å². The Balaban J connectivity index is 1.95. The Bertz CT molecular complexity index is 334. The molecule has 5 nitrogen and oxygen atoms in total. The second kappa shape index (κ2) is 14.7. The molecule has 0 aliphatic carbocycles. The molecule has 0 radical (unpaired) electrons. The van der Waals surface area contributed by atoms with E-state index in [-0.39, 0.29) is 13.2 Å². The summed E-state index contributed by atoms with van der Waals surface area (Å²) in [6, 6.07) is 0. The first-order valence-electron chi connectivity index (χ1n) is 10.1. The van der Waals surface area contributed by atoms with E-state index in [0.29, 0.717) is 6.61 Å². The number of aliphatic hydroxyl groups excluding tert-OH is 3. The minimum atomic E-state index is -0.973. The fraction of sp³-hybridized carbons (Fsp3) is 0.900. The summed E-state index contributed by atoms with van der Waals surface area (Å²) < 4.78 is 10.8. The summed E-state index contributed by atoms with van der Waals surface area (Å²) >= 11 is 0. The van der Waals surface area contributed by atoms with Crippen molar-refractivity contribution in [3.05, 3.63) is 12.2 Å². The van der Waals surface area contributed by atoms with Crippen LogP contribution in [0.5, 0.6) is 0 Å². The summed E-state index contributed by atoms with van der Waals surface area (Å²) in [5.41, 5.74) is 0. The zero-order chi connectivity index (χ0) is 18.3. The molecular formula is C20H38O5. The van der Waals surface area contributed by atoms with Gasteiger partial charge >= 0.3 is 0 Å². The summed E-state index contributed by atoms with van der Waals surface area (Å²) in [5, 5.41) is 29.0. The van der Waals surface area contributed by atoms with Crippen LogP contribution in [0.15, 0.2) is 12.2 Å². The first kappa shape index (κ1) is 22.6. The molecule has 0 aromatic carbocycles. The number of rotatable bonds is 14. The van der Waals surface area contributed by atoms with Gasteiger partial charge in [-0.15, -0.1) is 0 Å². The van der Waals surface area contributed by atoms with Gasteiger partial charge in [-0.2, -0.15) is 0 Å². The van der Waals surface area contributed by atoms with Gasteiger partial charge in [0.15, 0.2) is 0 Å². The van der Waals surface area contributed by atoms with Crippen molar-refractivity contribution >= 4 is 0 Å². The number of unbranched alkanes of at least 4 members (excludes halogenated alkanes) is 8. The summed E-state index contributed by atoms with van der Waals surface area (Å²) in [5.74, 6) is 0. The molecule has 148 valence electrons. The Kier molecular flexibility index (Phi) is 13.3. The Morgan fingerprint density at radius 1 is 0.960 bits per heavy atom. The van der Waals surface area contributed by atoms with E-state index in [1.165, 1.54) is 51.4 Å². The van der Waals surface area contributed by atoms with Crippen LogP contribution in [0.1, 0.15) is 71.1 Å². The van der Waals surface area contributed by atoms with Crippen molar-refractivity contribution in [1.29, 1.82) is 0 Å². The molecule has 1 fully saturated rings. The molecule has 1 saturated heterocycles. The zero-order valence-electron chi connectivity index (χ0n) is 15.8. The van der Waals surface area contributed by atoms with Crippen LogP contribution in [0.4, 0.5) is 0 Å². The van der Waals surface area contributed by atoms with E-state index in [2.05, 4.69) is 19.1 Å².